The van der Waals surface area contributed by atoms with Crippen LogP contribution >= 0.6 is 0 Å². The smallest absolute Gasteiger partial charge is 0.326 e. The second-order valence-electron chi connectivity index (χ2n) is 4.69. The van der Waals surface area contributed by atoms with Gasteiger partial charge >= 0.3 is 12.0 Å². The summed E-state index contributed by atoms with van der Waals surface area (Å²) in [6, 6.07) is 12.5. The number of amides is 2. The van der Waals surface area contributed by atoms with Gasteiger partial charge in [-0.25, -0.2) is 14.0 Å². The molecule has 0 aliphatic heterocycles. The molecule has 0 bridgehead atoms. The van der Waals surface area contributed by atoms with Crippen LogP contribution in [0.15, 0.2) is 54.6 Å². The van der Waals surface area contributed by atoms with Crippen LogP contribution in [-0.2, 0) is 11.2 Å². The van der Waals surface area contributed by atoms with Gasteiger partial charge in [-0.05, 0) is 29.8 Å². The number of halogens is 1. The van der Waals surface area contributed by atoms with Crippen LogP contribution in [0.5, 0.6) is 0 Å². The number of carboxylic acids is 1. The van der Waals surface area contributed by atoms with Gasteiger partial charge in [-0.2, -0.15) is 0 Å². The minimum absolute atomic E-state index is 0.174. The van der Waals surface area contributed by atoms with Gasteiger partial charge in [0.2, 0.25) is 0 Å². The van der Waals surface area contributed by atoms with Crippen LogP contribution in [0.3, 0.4) is 0 Å². The van der Waals surface area contributed by atoms with E-state index in [4.69, 9.17) is 0 Å². The maximum absolute atomic E-state index is 12.8. The van der Waals surface area contributed by atoms with Crippen molar-refractivity contribution in [3.63, 3.8) is 0 Å². The van der Waals surface area contributed by atoms with Crippen molar-refractivity contribution in [2.24, 2.45) is 0 Å². The molecular weight excluding hydrogens is 287 g/mol. The van der Waals surface area contributed by atoms with Crippen molar-refractivity contribution >= 4 is 17.7 Å². The van der Waals surface area contributed by atoms with E-state index in [2.05, 4.69) is 10.6 Å². The van der Waals surface area contributed by atoms with E-state index in [9.17, 15) is 19.1 Å². The third-order valence-corrected chi connectivity index (χ3v) is 2.99. The number of aliphatic carboxylic acids is 1. The Hall–Kier alpha value is -2.89. The number of rotatable bonds is 5. The minimum atomic E-state index is -1.13. The quantitative estimate of drug-likeness (QED) is 0.794. The Morgan fingerprint density at radius 3 is 2.27 bits per heavy atom. The number of hydrogen-bond donors (Lipinski definition) is 3. The van der Waals surface area contributed by atoms with Crippen molar-refractivity contribution in [1.29, 1.82) is 0 Å². The van der Waals surface area contributed by atoms with Crippen LogP contribution in [-0.4, -0.2) is 23.1 Å². The van der Waals surface area contributed by atoms with E-state index in [1.807, 2.05) is 6.07 Å². The third-order valence-electron chi connectivity index (χ3n) is 2.99. The van der Waals surface area contributed by atoms with Crippen molar-refractivity contribution in [2.45, 2.75) is 12.5 Å². The molecule has 0 aromatic heterocycles. The highest BCUT2D eigenvalue weighted by Crippen LogP contribution is 2.08. The third kappa shape index (κ3) is 4.59. The molecule has 22 heavy (non-hydrogen) atoms. The van der Waals surface area contributed by atoms with Crippen LogP contribution in [0.2, 0.25) is 0 Å². The van der Waals surface area contributed by atoms with E-state index >= 15 is 0 Å². The number of carboxylic acid groups (broad SMARTS) is 1. The van der Waals surface area contributed by atoms with Gasteiger partial charge < -0.3 is 15.7 Å². The highest BCUT2D eigenvalue weighted by molar-refractivity contribution is 5.92. The number of carbonyl (C=O) groups excluding carboxylic acids is 1. The average molecular weight is 302 g/mol. The molecule has 2 amide bonds. The summed E-state index contributed by atoms with van der Waals surface area (Å²) in [4.78, 5) is 23.1. The second kappa shape index (κ2) is 7.21. The number of anilines is 1. The second-order valence-corrected chi connectivity index (χ2v) is 4.69. The zero-order valence-electron chi connectivity index (χ0n) is 11.6. The summed E-state index contributed by atoms with van der Waals surface area (Å²) in [5.41, 5.74) is 1.18. The normalized spacial score (nSPS) is 11.5. The van der Waals surface area contributed by atoms with E-state index in [-0.39, 0.29) is 6.42 Å². The lowest BCUT2D eigenvalue weighted by atomic mass is 10.1. The average Bonchev–Trinajstić information content (AvgIpc) is 2.50. The molecule has 0 saturated carbocycles. The maximum Gasteiger partial charge on any atom is 0.326 e. The Bertz CT molecular complexity index is 644. The molecule has 3 N–H and O–H groups in total. The fourth-order valence-corrected chi connectivity index (χ4v) is 1.91. The van der Waals surface area contributed by atoms with E-state index < -0.39 is 23.9 Å². The molecule has 1 atom stereocenters. The lowest BCUT2D eigenvalue weighted by Gasteiger charge is -2.15. The van der Waals surface area contributed by atoms with Gasteiger partial charge in [-0.15, -0.1) is 0 Å². The molecule has 0 fully saturated rings. The fraction of sp³-hybridized carbons (Fsp3) is 0.125. The molecule has 5 nitrogen and oxygen atoms in total. The van der Waals surface area contributed by atoms with E-state index in [1.165, 1.54) is 24.3 Å². The Morgan fingerprint density at radius 2 is 1.68 bits per heavy atom. The number of nitrogens with one attached hydrogen (secondary N) is 2. The van der Waals surface area contributed by atoms with E-state index in [1.54, 1.807) is 24.3 Å². The molecule has 0 unspecified atom stereocenters. The molecule has 0 radical (unpaired) electrons. The summed E-state index contributed by atoms with van der Waals surface area (Å²) < 4.78 is 12.8. The molecule has 0 spiro atoms. The lowest BCUT2D eigenvalue weighted by molar-refractivity contribution is -0.139. The van der Waals surface area contributed by atoms with Crippen LogP contribution < -0.4 is 10.6 Å². The van der Waals surface area contributed by atoms with Crippen LogP contribution in [0.1, 0.15) is 5.56 Å². The topological polar surface area (TPSA) is 78.4 Å². The van der Waals surface area contributed by atoms with Crippen LogP contribution in [0.25, 0.3) is 0 Å². The van der Waals surface area contributed by atoms with Crippen molar-refractivity contribution in [3.8, 4) is 0 Å². The first kappa shape index (κ1) is 15.5. The highest BCUT2D eigenvalue weighted by Gasteiger charge is 2.20. The molecule has 2 aromatic rings. The lowest BCUT2D eigenvalue weighted by Crippen LogP contribution is -2.44. The maximum atomic E-state index is 12.8. The molecule has 0 aliphatic rings. The van der Waals surface area contributed by atoms with Gasteiger partial charge in [-0.1, -0.05) is 30.3 Å². The first-order valence-electron chi connectivity index (χ1n) is 6.64. The van der Waals surface area contributed by atoms with Crippen molar-refractivity contribution in [1.82, 2.24) is 5.32 Å². The Labute approximate surface area is 126 Å². The molecular formula is C16H15FN2O3. The van der Waals surface area contributed by atoms with Gasteiger partial charge in [0.15, 0.2) is 0 Å². The zero-order chi connectivity index (χ0) is 15.9. The van der Waals surface area contributed by atoms with Gasteiger partial charge in [0, 0.05) is 12.1 Å². The number of benzene rings is 2. The summed E-state index contributed by atoms with van der Waals surface area (Å²) >= 11 is 0. The predicted octanol–water partition coefficient (Wildman–Crippen LogP) is 2.64. The SMILES string of the molecule is O=C(Nc1ccc(F)cc1)N[C@@H](Cc1ccccc1)C(=O)O. The largest absolute Gasteiger partial charge is 0.480 e. The van der Waals surface area contributed by atoms with Crippen molar-refractivity contribution in [2.75, 3.05) is 5.32 Å². The predicted molar refractivity (Wildman–Crippen MR) is 80.1 cm³/mol. The molecule has 0 aliphatic carbocycles. The number of hydrogen-bond acceptors (Lipinski definition) is 2. The molecule has 2 aromatic carbocycles. The Kier molecular flexibility index (Phi) is 5.08. The van der Waals surface area contributed by atoms with E-state index in [0.29, 0.717) is 5.69 Å². The first-order valence-corrected chi connectivity index (χ1v) is 6.64. The van der Waals surface area contributed by atoms with Gasteiger partial charge in [0.25, 0.3) is 0 Å². The van der Waals surface area contributed by atoms with Crippen molar-refractivity contribution in [3.05, 3.63) is 66.0 Å². The zero-order valence-corrected chi connectivity index (χ0v) is 11.6. The van der Waals surface area contributed by atoms with Gasteiger partial charge in [0.1, 0.15) is 11.9 Å². The number of carbonyl (C=O) groups is 2. The summed E-state index contributed by atoms with van der Waals surface area (Å²) in [5.74, 6) is -1.54. The molecule has 6 heteroatoms. The molecule has 0 heterocycles. The number of urea groups is 1. The molecule has 114 valence electrons. The van der Waals surface area contributed by atoms with E-state index in [0.717, 1.165) is 5.56 Å². The molecule has 2 rings (SSSR count). The summed E-state index contributed by atoms with van der Waals surface area (Å²) in [5, 5.41) is 14.0. The van der Waals surface area contributed by atoms with Crippen LogP contribution in [0, 0.1) is 5.82 Å². The standard InChI is InChI=1S/C16H15FN2O3/c17-12-6-8-13(9-7-12)18-16(22)19-14(15(20)21)10-11-4-2-1-3-5-11/h1-9,14H,10H2,(H,20,21)(H2,18,19,22)/t14-/m0/s1. The minimum Gasteiger partial charge on any atom is -0.480 e. The first-order chi connectivity index (χ1) is 10.5. The van der Waals surface area contributed by atoms with Crippen molar-refractivity contribution < 1.29 is 19.1 Å². The van der Waals surface area contributed by atoms with Gasteiger partial charge in [-0.3, -0.25) is 0 Å². The Morgan fingerprint density at radius 1 is 1.05 bits per heavy atom. The summed E-state index contributed by atoms with van der Waals surface area (Å²) in [6.45, 7) is 0. The van der Waals surface area contributed by atoms with Crippen LogP contribution in [0.4, 0.5) is 14.9 Å². The summed E-state index contributed by atoms with van der Waals surface area (Å²) in [7, 11) is 0. The van der Waals surface area contributed by atoms with Gasteiger partial charge in [0.05, 0.1) is 0 Å². The highest BCUT2D eigenvalue weighted by atomic mass is 19.1. The fourth-order valence-electron chi connectivity index (χ4n) is 1.91. The summed E-state index contributed by atoms with van der Waals surface area (Å²) in [6.07, 6.45) is 0.174. The monoisotopic (exact) mass is 302 g/mol. The Balaban J connectivity index is 1.97. The molecule has 0 saturated heterocycles.